The molecule has 0 spiro atoms. The Morgan fingerprint density at radius 2 is 2.00 bits per heavy atom. The van der Waals surface area contributed by atoms with E-state index < -0.39 is 39.3 Å². The van der Waals surface area contributed by atoms with Gasteiger partial charge < -0.3 is 15.7 Å². The fourth-order valence-electron chi connectivity index (χ4n) is 1.78. The Hall–Kier alpha value is -1.57. The minimum absolute atomic E-state index is 0.167. The van der Waals surface area contributed by atoms with Crippen molar-refractivity contribution < 1.29 is 23.1 Å². The Balaban J connectivity index is 2.59. The third kappa shape index (κ3) is 5.20. The van der Waals surface area contributed by atoms with Gasteiger partial charge in [0.15, 0.2) is 9.84 Å². The summed E-state index contributed by atoms with van der Waals surface area (Å²) in [6.07, 6.45) is 1.20. The molecule has 0 aromatic heterocycles. The maximum Gasteiger partial charge on any atom is 0.315 e. The number of carbonyl (C=O) groups is 2. The molecule has 2 unspecified atom stereocenters. The first-order valence-corrected chi connectivity index (χ1v) is 7.91. The van der Waals surface area contributed by atoms with Gasteiger partial charge in [0.2, 0.25) is 0 Å². The summed E-state index contributed by atoms with van der Waals surface area (Å²) in [6, 6.07) is -1.70. The van der Waals surface area contributed by atoms with Gasteiger partial charge in [0, 0.05) is 11.4 Å². The first-order valence-electron chi connectivity index (χ1n) is 6.19. The number of carboxylic acid groups (broad SMARTS) is 1. The largest absolute Gasteiger partial charge is 0.481 e. The molecule has 0 fully saturated rings. The van der Waals surface area contributed by atoms with Crippen LogP contribution in [0.15, 0.2) is 11.5 Å². The molecule has 20 heavy (non-hydrogen) atoms. The zero-order valence-electron chi connectivity index (χ0n) is 11.7. The van der Waals surface area contributed by atoms with Crippen LogP contribution in [0, 0.1) is 5.41 Å². The summed E-state index contributed by atoms with van der Waals surface area (Å²) in [6.45, 7) is 5.46. The number of aliphatic carboxylic acids is 1. The van der Waals surface area contributed by atoms with Crippen molar-refractivity contribution in [2.45, 2.75) is 39.3 Å². The van der Waals surface area contributed by atoms with Crippen LogP contribution < -0.4 is 10.6 Å². The molecule has 2 amide bonds. The fraction of sp³-hybridized carbons (Fsp3) is 0.667. The van der Waals surface area contributed by atoms with Crippen LogP contribution in [0.4, 0.5) is 4.79 Å². The van der Waals surface area contributed by atoms with Crippen molar-refractivity contribution in [3.63, 3.8) is 0 Å². The first-order chi connectivity index (χ1) is 8.99. The molecule has 114 valence electrons. The van der Waals surface area contributed by atoms with Gasteiger partial charge in [-0.15, -0.1) is 0 Å². The number of hydrogen-bond donors (Lipinski definition) is 3. The molecule has 0 saturated heterocycles. The summed E-state index contributed by atoms with van der Waals surface area (Å²) in [4.78, 5) is 22.6. The molecule has 0 aromatic carbocycles. The maximum atomic E-state index is 11.8. The summed E-state index contributed by atoms with van der Waals surface area (Å²) < 4.78 is 22.4. The van der Waals surface area contributed by atoms with Crippen LogP contribution in [-0.4, -0.2) is 43.4 Å². The van der Waals surface area contributed by atoms with E-state index in [0.717, 1.165) is 5.41 Å². The molecule has 1 aliphatic heterocycles. The SMILES string of the molecule is CC(C)(C)C(CC(=O)O)NC(=O)NC1C=CS(=O)(=O)C1. The van der Waals surface area contributed by atoms with Crippen molar-refractivity contribution >= 4 is 21.8 Å². The molecule has 8 heteroatoms. The Bertz CT molecular complexity index is 518. The standard InChI is InChI=1S/C12H20N2O5S/c1-12(2,3)9(6-10(15)16)14-11(17)13-8-4-5-20(18,19)7-8/h4-5,8-9H,6-7H2,1-3H3,(H,15,16)(H2,13,14,17). The van der Waals surface area contributed by atoms with Crippen LogP contribution in [0.25, 0.3) is 0 Å². The zero-order chi connectivity index (χ0) is 15.6. The van der Waals surface area contributed by atoms with Crippen LogP contribution in [0.5, 0.6) is 0 Å². The summed E-state index contributed by atoms with van der Waals surface area (Å²) >= 11 is 0. The van der Waals surface area contributed by atoms with Gasteiger partial charge in [0.25, 0.3) is 0 Å². The quantitative estimate of drug-likeness (QED) is 0.699. The second-order valence-electron chi connectivity index (χ2n) is 5.90. The van der Waals surface area contributed by atoms with Crippen molar-refractivity contribution in [1.82, 2.24) is 10.6 Å². The van der Waals surface area contributed by atoms with E-state index in [2.05, 4.69) is 10.6 Å². The van der Waals surface area contributed by atoms with Crippen molar-refractivity contribution in [3.05, 3.63) is 11.5 Å². The van der Waals surface area contributed by atoms with Crippen molar-refractivity contribution in [2.24, 2.45) is 5.41 Å². The van der Waals surface area contributed by atoms with E-state index in [1.807, 2.05) is 20.8 Å². The van der Waals surface area contributed by atoms with E-state index in [9.17, 15) is 18.0 Å². The van der Waals surface area contributed by atoms with Crippen molar-refractivity contribution in [1.29, 1.82) is 0 Å². The van der Waals surface area contributed by atoms with Crippen molar-refractivity contribution in [3.8, 4) is 0 Å². The number of carboxylic acids is 1. The Kier molecular flexibility index (Phi) is 4.80. The fourth-order valence-corrected chi connectivity index (χ4v) is 3.02. The van der Waals surface area contributed by atoms with Gasteiger partial charge in [-0.25, -0.2) is 13.2 Å². The minimum atomic E-state index is -3.23. The van der Waals surface area contributed by atoms with Gasteiger partial charge in [0.05, 0.1) is 18.2 Å². The van der Waals surface area contributed by atoms with Crippen LogP contribution in [-0.2, 0) is 14.6 Å². The number of carbonyl (C=O) groups excluding carboxylic acids is 1. The lowest BCUT2D eigenvalue weighted by Crippen LogP contribution is -2.51. The third-order valence-electron chi connectivity index (χ3n) is 2.98. The lowest BCUT2D eigenvalue weighted by molar-refractivity contribution is -0.138. The average molecular weight is 304 g/mol. The van der Waals surface area contributed by atoms with Gasteiger partial charge in [-0.05, 0) is 11.5 Å². The topological polar surface area (TPSA) is 113 Å². The Morgan fingerprint density at radius 1 is 1.40 bits per heavy atom. The first kappa shape index (κ1) is 16.5. The number of amides is 2. The van der Waals surface area contributed by atoms with Crippen LogP contribution in [0.2, 0.25) is 0 Å². The van der Waals surface area contributed by atoms with E-state index >= 15 is 0 Å². The van der Waals surface area contributed by atoms with Gasteiger partial charge >= 0.3 is 12.0 Å². The molecule has 1 aliphatic rings. The molecule has 3 N–H and O–H groups in total. The Morgan fingerprint density at radius 3 is 2.40 bits per heavy atom. The average Bonchev–Trinajstić information content (AvgIpc) is 2.54. The monoisotopic (exact) mass is 304 g/mol. The molecule has 1 heterocycles. The number of urea groups is 1. The molecule has 0 aliphatic carbocycles. The molecule has 0 saturated carbocycles. The highest BCUT2D eigenvalue weighted by atomic mass is 32.2. The van der Waals surface area contributed by atoms with E-state index in [-0.39, 0.29) is 12.2 Å². The number of sulfone groups is 1. The predicted octanol–water partition coefficient (Wildman–Crippen LogP) is 0.486. The number of nitrogens with one attached hydrogen (secondary N) is 2. The summed E-state index contributed by atoms with van der Waals surface area (Å²) in [7, 11) is -3.23. The lowest BCUT2D eigenvalue weighted by atomic mass is 9.85. The van der Waals surface area contributed by atoms with Gasteiger partial charge in [-0.3, -0.25) is 4.79 Å². The lowest BCUT2D eigenvalue weighted by Gasteiger charge is -2.30. The third-order valence-corrected chi connectivity index (χ3v) is 4.37. The Labute approximate surface area is 118 Å². The highest BCUT2D eigenvalue weighted by Crippen LogP contribution is 2.21. The van der Waals surface area contributed by atoms with Crippen LogP contribution in [0.1, 0.15) is 27.2 Å². The van der Waals surface area contributed by atoms with E-state index in [1.54, 1.807) is 0 Å². The molecule has 0 radical (unpaired) electrons. The van der Waals surface area contributed by atoms with Gasteiger partial charge in [0.1, 0.15) is 0 Å². The predicted molar refractivity (Wildman–Crippen MR) is 73.9 cm³/mol. The van der Waals surface area contributed by atoms with Crippen molar-refractivity contribution in [2.75, 3.05) is 5.75 Å². The summed E-state index contributed by atoms with van der Waals surface area (Å²) in [5.74, 6) is -1.17. The molecule has 0 aromatic rings. The smallest absolute Gasteiger partial charge is 0.315 e. The molecule has 0 bridgehead atoms. The van der Waals surface area contributed by atoms with Crippen LogP contribution >= 0.6 is 0 Å². The second kappa shape index (κ2) is 5.82. The minimum Gasteiger partial charge on any atom is -0.481 e. The highest BCUT2D eigenvalue weighted by molar-refractivity contribution is 7.94. The van der Waals surface area contributed by atoms with E-state index in [0.29, 0.717) is 0 Å². The van der Waals surface area contributed by atoms with E-state index in [1.165, 1.54) is 6.08 Å². The molecule has 1 rings (SSSR count). The number of hydrogen-bond acceptors (Lipinski definition) is 4. The van der Waals surface area contributed by atoms with Crippen LogP contribution in [0.3, 0.4) is 0 Å². The van der Waals surface area contributed by atoms with E-state index in [4.69, 9.17) is 5.11 Å². The maximum absolute atomic E-state index is 11.8. The summed E-state index contributed by atoms with van der Waals surface area (Å²) in [5, 5.41) is 15.0. The second-order valence-corrected chi connectivity index (χ2v) is 7.83. The molecular weight excluding hydrogens is 284 g/mol. The number of rotatable bonds is 4. The normalized spacial score (nSPS) is 22.2. The summed E-state index contributed by atoms with van der Waals surface area (Å²) in [5.41, 5.74) is -0.423. The zero-order valence-corrected chi connectivity index (χ0v) is 12.5. The van der Waals surface area contributed by atoms with Gasteiger partial charge in [-0.1, -0.05) is 20.8 Å². The van der Waals surface area contributed by atoms with Gasteiger partial charge in [-0.2, -0.15) is 0 Å². The highest BCUT2D eigenvalue weighted by Gasteiger charge is 2.30. The molecular formula is C12H20N2O5S. The molecule has 7 nitrogen and oxygen atoms in total. The molecule has 2 atom stereocenters.